The minimum absolute atomic E-state index is 0.117. The van der Waals surface area contributed by atoms with Gasteiger partial charge in [-0.3, -0.25) is 4.90 Å². The van der Waals surface area contributed by atoms with Crippen LogP contribution in [0.2, 0.25) is 0 Å². The van der Waals surface area contributed by atoms with Crippen LogP contribution in [-0.4, -0.2) is 44.5 Å². The van der Waals surface area contributed by atoms with E-state index in [-0.39, 0.29) is 17.8 Å². The van der Waals surface area contributed by atoms with E-state index < -0.39 is 0 Å². The SMILES string of the molecule is Cn1cnnc1Sc1ccc(CN2CCC[C@](CO)(Cc3ccc(F)cc3)C2)o1. The molecule has 0 saturated carbocycles. The van der Waals surface area contributed by atoms with Gasteiger partial charge in [-0.2, -0.15) is 0 Å². The van der Waals surface area contributed by atoms with Gasteiger partial charge in [-0.05, 0) is 67.4 Å². The van der Waals surface area contributed by atoms with Gasteiger partial charge < -0.3 is 14.1 Å². The topological polar surface area (TPSA) is 67.3 Å². The molecule has 0 spiro atoms. The minimum Gasteiger partial charge on any atom is -0.453 e. The van der Waals surface area contributed by atoms with Gasteiger partial charge in [0.25, 0.3) is 0 Å². The van der Waals surface area contributed by atoms with E-state index in [4.69, 9.17) is 4.42 Å². The summed E-state index contributed by atoms with van der Waals surface area (Å²) < 4.78 is 21.0. The maximum Gasteiger partial charge on any atom is 0.198 e. The second kappa shape index (κ2) is 8.69. The lowest BCUT2D eigenvalue weighted by atomic mass is 9.75. The molecular weight excluding hydrogens is 391 g/mol. The Balaban J connectivity index is 1.40. The van der Waals surface area contributed by atoms with Crippen LogP contribution in [0.15, 0.2) is 57.4 Å². The summed E-state index contributed by atoms with van der Waals surface area (Å²) in [7, 11) is 1.90. The summed E-state index contributed by atoms with van der Waals surface area (Å²) in [5.41, 5.74) is 0.849. The molecule has 1 aromatic carbocycles. The van der Waals surface area contributed by atoms with E-state index in [1.165, 1.54) is 23.9 Å². The highest BCUT2D eigenvalue weighted by Crippen LogP contribution is 2.35. The van der Waals surface area contributed by atoms with Crippen LogP contribution in [-0.2, 0) is 20.0 Å². The number of nitrogens with zero attached hydrogens (tertiary/aromatic N) is 4. The number of hydrogen-bond acceptors (Lipinski definition) is 6. The Morgan fingerprint density at radius 2 is 2.07 bits per heavy atom. The summed E-state index contributed by atoms with van der Waals surface area (Å²) >= 11 is 1.44. The first kappa shape index (κ1) is 20.1. The lowest BCUT2D eigenvalue weighted by Crippen LogP contribution is -2.46. The Hall–Kier alpha value is -2.16. The van der Waals surface area contributed by atoms with Crippen molar-refractivity contribution in [1.82, 2.24) is 19.7 Å². The number of rotatable bonds is 7. The number of aliphatic hydroxyl groups is 1. The van der Waals surface area contributed by atoms with Crippen LogP contribution in [0.1, 0.15) is 24.2 Å². The summed E-state index contributed by atoms with van der Waals surface area (Å²) in [6, 6.07) is 10.5. The Morgan fingerprint density at radius 3 is 2.79 bits per heavy atom. The first-order valence-corrected chi connectivity index (χ1v) is 10.6. The standard InChI is InChI=1S/C21H25FN4O2S/c1-25-15-23-24-20(25)29-19-8-7-18(28-19)12-26-10-2-9-21(13-26,14-27)11-16-3-5-17(22)6-4-16/h3-8,15,27H,2,9-14H2,1H3/t21-/m0/s1. The molecule has 3 heterocycles. The number of likely N-dealkylation sites (tertiary alicyclic amines) is 1. The Morgan fingerprint density at radius 1 is 1.24 bits per heavy atom. The summed E-state index contributed by atoms with van der Waals surface area (Å²) in [5.74, 6) is 0.662. The molecule has 0 aliphatic carbocycles. The summed E-state index contributed by atoms with van der Waals surface area (Å²) in [4.78, 5) is 2.33. The molecule has 29 heavy (non-hydrogen) atoms. The van der Waals surface area contributed by atoms with Crippen molar-refractivity contribution in [2.24, 2.45) is 12.5 Å². The van der Waals surface area contributed by atoms with Crippen LogP contribution in [0.5, 0.6) is 0 Å². The zero-order valence-corrected chi connectivity index (χ0v) is 17.2. The number of benzene rings is 1. The lowest BCUT2D eigenvalue weighted by Gasteiger charge is -2.41. The van der Waals surface area contributed by atoms with Crippen molar-refractivity contribution >= 4 is 11.8 Å². The van der Waals surface area contributed by atoms with Crippen LogP contribution in [0.4, 0.5) is 4.39 Å². The molecule has 1 saturated heterocycles. The van der Waals surface area contributed by atoms with Crippen molar-refractivity contribution in [2.75, 3.05) is 19.7 Å². The Kier molecular flexibility index (Phi) is 6.03. The quantitative estimate of drug-likeness (QED) is 0.636. The van der Waals surface area contributed by atoms with Gasteiger partial charge in [-0.25, -0.2) is 4.39 Å². The average Bonchev–Trinajstić information content (AvgIpc) is 3.33. The predicted octanol–water partition coefficient (Wildman–Crippen LogP) is 3.52. The minimum atomic E-state index is -0.232. The molecule has 1 N–H and O–H groups in total. The zero-order valence-electron chi connectivity index (χ0n) is 16.4. The highest BCUT2D eigenvalue weighted by atomic mass is 32.2. The van der Waals surface area contributed by atoms with Gasteiger partial charge >= 0.3 is 0 Å². The largest absolute Gasteiger partial charge is 0.453 e. The Labute approximate surface area is 173 Å². The number of piperidine rings is 1. The number of hydrogen-bond donors (Lipinski definition) is 1. The monoisotopic (exact) mass is 416 g/mol. The van der Waals surface area contributed by atoms with Gasteiger partial charge in [-0.15, -0.1) is 10.2 Å². The molecular formula is C21H25FN4O2S. The smallest absolute Gasteiger partial charge is 0.198 e. The van der Waals surface area contributed by atoms with E-state index in [2.05, 4.69) is 15.1 Å². The summed E-state index contributed by atoms with van der Waals surface area (Å²) in [6.07, 6.45) is 4.38. The van der Waals surface area contributed by atoms with Crippen LogP contribution in [0.3, 0.4) is 0 Å². The fraction of sp³-hybridized carbons (Fsp3) is 0.429. The molecule has 0 bridgehead atoms. The molecule has 0 radical (unpaired) electrons. The molecule has 8 heteroatoms. The maximum atomic E-state index is 13.2. The molecule has 2 aromatic heterocycles. The summed E-state index contributed by atoms with van der Waals surface area (Å²) in [5, 5.41) is 19.7. The second-order valence-electron chi connectivity index (χ2n) is 7.82. The third kappa shape index (κ3) is 4.88. The normalized spacial score (nSPS) is 20.2. The molecule has 0 unspecified atom stereocenters. The van der Waals surface area contributed by atoms with E-state index >= 15 is 0 Å². The fourth-order valence-corrected chi connectivity index (χ4v) is 4.73. The van der Waals surface area contributed by atoms with Gasteiger partial charge in [0.15, 0.2) is 10.2 Å². The highest BCUT2D eigenvalue weighted by Gasteiger charge is 2.35. The summed E-state index contributed by atoms with van der Waals surface area (Å²) in [6.45, 7) is 2.57. The maximum absolute atomic E-state index is 13.2. The molecule has 1 fully saturated rings. The molecule has 1 aliphatic rings. The van der Waals surface area contributed by atoms with Gasteiger partial charge in [0.05, 0.1) is 13.2 Å². The van der Waals surface area contributed by atoms with Crippen molar-refractivity contribution in [3.8, 4) is 0 Å². The van der Waals surface area contributed by atoms with E-state index in [1.54, 1.807) is 6.33 Å². The van der Waals surface area contributed by atoms with Crippen LogP contribution in [0.25, 0.3) is 0 Å². The lowest BCUT2D eigenvalue weighted by molar-refractivity contribution is 0.0257. The number of halogens is 1. The zero-order chi connectivity index (χ0) is 20.3. The van der Waals surface area contributed by atoms with Gasteiger partial charge in [0, 0.05) is 19.0 Å². The fourth-order valence-electron chi connectivity index (χ4n) is 3.98. The molecule has 1 atom stereocenters. The van der Waals surface area contributed by atoms with E-state index in [0.29, 0.717) is 6.54 Å². The first-order chi connectivity index (χ1) is 14.0. The van der Waals surface area contributed by atoms with Gasteiger partial charge in [0.2, 0.25) is 0 Å². The number of aryl methyl sites for hydroxylation is 1. The average molecular weight is 417 g/mol. The van der Waals surface area contributed by atoms with Crippen molar-refractivity contribution in [1.29, 1.82) is 0 Å². The predicted molar refractivity (Wildman–Crippen MR) is 108 cm³/mol. The molecule has 6 nitrogen and oxygen atoms in total. The Bertz CT molecular complexity index is 942. The molecule has 0 amide bonds. The van der Waals surface area contributed by atoms with E-state index in [9.17, 15) is 9.50 Å². The number of furan rings is 1. The number of aromatic nitrogens is 3. The highest BCUT2D eigenvalue weighted by molar-refractivity contribution is 7.99. The molecule has 4 rings (SSSR count). The number of aliphatic hydroxyl groups excluding tert-OH is 1. The molecule has 1 aliphatic heterocycles. The first-order valence-electron chi connectivity index (χ1n) is 9.73. The van der Waals surface area contributed by atoms with Crippen molar-refractivity contribution in [3.63, 3.8) is 0 Å². The van der Waals surface area contributed by atoms with Crippen LogP contribution >= 0.6 is 11.8 Å². The van der Waals surface area contributed by atoms with Crippen molar-refractivity contribution in [3.05, 3.63) is 59.9 Å². The van der Waals surface area contributed by atoms with E-state index in [0.717, 1.165) is 53.9 Å². The van der Waals surface area contributed by atoms with Crippen LogP contribution in [0, 0.1) is 11.2 Å². The molecule has 3 aromatic rings. The van der Waals surface area contributed by atoms with E-state index in [1.807, 2.05) is 35.9 Å². The third-order valence-electron chi connectivity index (χ3n) is 5.45. The van der Waals surface area contributed by atoms with Crippen molar-refractivity contribution in [2.45, 2.75) is 36.1 Å². The third-order valence-corrected chi connectivity index (χ3v) is 6.42. The van der Waals surface area contributed by atoms with Gasteiger partial charge in [0.1, 0.15) is 17.9 Å². The molecule has 154 valence electrons. The van der Waals surface area contributed by atoms with Crippen molar-refractivity contribution < 1.29 is 13.9 Å². The van der Waals surface area contributed by atoms with Gasteiger partial charge in [-0.1, -0.05) is 12.1 Å². The van der Waals surface area contributed by atoms with Crippen LogP contribution < -0.4 is 0 Å². The second-order valence-corrected chi connectivity index (χ2v) is 8.79.